The first-order chi connectivity index (χ1) is 25.5. The van der Waals surface area contributed by atoms with Gasteiger partial charge in [0.15, 0.2) is 11.4 Å². The van der Waals surface area contributed by atoms with E-state index in [9.17, 15) is 9.59 Å². The van der Waals surface area contributed by atoms with Crippen molar-refractivity contribution >= 4 is 50.3 Å². The zero-order valence-corrected chi connectivity index (χ0v) is 32.3. The number of fused-ring (bicyclic) bond motifs is 1. The molecule has 0 bridgehead atoms. The molecule has 3 aliphatic heterocycles. The quantitative estimate of drug-likeness (QED) is 0.169. The highest BCUT2D eigenvalue weighted by Gasteiger charge is 2.36. The summed E-state index contributed by atoms with van der Waals surface area (Å²) in [6, 6.07) is 16.8. The van der Waals surface area contributed by atoms with E-state index >= 15 is 0 Å². The Morgan fingerprint density at radius 3 is 2.34 bits per heavy atom. The van der Waals surface area contributed by atoms with Crippen LogP contribution in [-0.4, -0.2) is 86.3 Å². The van der Waals surface area contributed by atoms with Gasteiger partial charge in [-0.3, -0.25) is 24.5 Å². The number of hydrogen-bond donors (Lipinski definition) is 2. The van der Waals surface area contributed by atoms with Gasteiger partial charge >= 0.3 is 0 Å². The van der Waals surface area contributed by atoms with Crippen LogP contribution in [0, 0.1) is 12.8 Å². The van der Waals surface area contributed by atoms with Gasteiger partial charge < -0.3 is 19.5 Å². The number of anilines is 2. The van der Waals surface area contributed by atoms with Gasteiger partial charge in [-0.15, -0.1) is 0 Å². The molecule has 6 heterocycles. The molecule has 3 saturated heterocycles. The molecule has 8 rings (SSSR count). The molecule has 2 aromatic carbocycles. The third-order valence-electron chi connectivity index (χ3n) is 11.2. The van der Waals surface area contributed by atoms with Crippen molar-refractivity contribution in [3.05, 3.63) is 76.7 Å². The lowest BCUT2D eigenvalue weighted by Crippen LogP contribution is -2.60. The van der Waals surface area contributed by atoms with Crippen molar-refractivity contribution in [2.45, 2.75) is 57.9 Å². The van der Waals surface area contributed by atoms with E-state index in [-0.39, 0.29) is 23.3 Å². The number of imidazole rings is 1. The van der Waals surface area contributed by atoms with Crippen LogP contribution in [0.25, 0.3) is 22.6 Å². The largest absolute Gasteiger partial charge is 0.454 e. The molecule has 53 heavy (non-hydrogen) atoms. The summed E-state index contributed by atoms with van der Waals surface area (Å²) in [6.45, 7) is 12.8. The monoisotopic (exact) mass is 779 g/mol. The van der Waals surface area contributed by atoms with E-state index in [1.807, 2.05) is 32.3 Å². The minimum atomic E-state index is -0.239. The molecular weight excluding hydrogens is 734 g/mol. The van der Waals surface area contributed by atoms with Crippen LogP contribution in [-0.2, 0) is 16.6 Å². The number of aromatic amines is 1. The number of halogens is 1. The summed E-state index contributed by atoms with van der Waals surface area (Å²) in [5, 5.41) is 6.93. The highest BCUT2D eigenvalue weighted by Crippen LogP contribution is 2.38. The molecule has 3 fully saturated rings. The minimum Gasteiger partial charge on any atom is -0.454 e. The normalized spacial score (nSPS) is 19.9. The van der Waals surface area contributed by atoms with Crippen LogP contribution < -0.4 is 19.9 Å². The molecule has 1 atom stereocenters. The number of piperazine rings is 1. The average molecular weight is 781 g/mol. The number of amides is 2. The number of piperidine rings is 2. The number of carbonyl (C=O) groups excluding carboxylic acids is 2. The zero-order valence-electron chi connectivity index (χ0n) is 30.7. The minimum absolute atomic E-state index is 0.0366. The third kappa shape index (κ3) is 7.28. The number of nitrogens with one attached hydrogen (secondary N) is 2. The van der Waals surface area contributed by atoms with E-state index in [0.717, 1.165) is 84.7 Å². The summed E-state index contributed by atoms with van der Waals surface area (Å²) in [4.78, 5) is 44.1. The molecule has 2 amide bonds. The first kappa shape index (κ1) is 35.3. The number of pyridine rings is 1. The molecule has 0 spiro atoms. The second-order valence-corrected chi connectivity index (χ2v) is 16.2. The molecule has 3 aromatic heterocycles. The summed E-state index contributed by atoms with van der Waals surface area (Å²) in [5.41, 5.74) is 6.55. The average Bonchev–Trinajstić information content (AvgIpc) is 3.73. The molecule has 3 aliphatic rings. The molecule has 2 N–H and O–H groups in total. The van der Waals surface area contributed by atoms with Crippen LogP contribution in [0.3, 0.4) is 0 Å². The molecule has 0 saturated carbocycles. The second kappa shape index (κ2) is 14.2. The van der Waals surface area contributed by atoms with Crippen molar-refractivity contribution in [1.82, 2.24) is 34.9 Å². The fourth-order valence-electron chi connectivity index (χ4n) is 8.18. The number of nitrogens with zero attached hydrogens (tertiary/aromatic N) is 7. The van der Waals surface area contributed by atoms with Crippen molar-refractivity contribution in [3.8, 4) is 22.9 Å². The van der Waals surface area contributed by atoms with Gasteiger partial charge in [-0.25, -0.2) is 9.97 Å². The summed E-state index contributed by atoms with van der Waals surface area (Å²) < 4.78 is 8.96. The summed E-state index contributed by atoms with van der Waals surface area (Å²) in [6.07, 6.45) is 6.98. The molecule has 13 heteroatoms. The van der Waals surface area contributed by atoms with Crippen LogP contribution >= 0.6 is 15.9 Å². The second-order valence-electron chi connectivity index (χ2n) is 15.3. The number of hydrogen-bond acceptors (Lipinski definition) is 9. The first-order valence-electron chi connectivity index (χ1n) is 18.5. The van der Waals surface area contributed by atoms with Crippen LogP contribution in [0.1, 0.15) is 56.7 Å². The van der Waals surface area contributed by atoms with Gasteiger partial charge in [-0.2, -0.15) is 5.10 Å². The molecule has 0 radical (unpaired) electrons. The van der Waals surface area contributed by atoms with E-state index in [0.29, 0.717) is 36.0 Å². The number of imide groups is 1. The van der Waals surface area contributed by atoms with E-state index in [1.165, 1.54) is 11.4 Å². The van der Waals surface area contributed by atoms with Gasteiger partial charge in [0.05, 0.1) is 21.6 Å². The highest BCUT2D eigenvalue weighted by molar-refractivity contribution is 9.10. The van der Waals surface area contributed by atoms with Crippen LogP contribution in [0.2, 0.25) is 0 Å². The first-order valence-corrected chi connectivity index (χ1v) is 19.3. The number of aromatic nitrogens is 5. The fourth-order valence-corrected chi connectivity index (χ4v) is 8.56. The SMILES string of the molecule is Cc1nn(C)cc1-c1nc2ncc(Br)c(Oc3ccc(N4CCN(CC5CCN(c6ccc([C@H]7CCC(=O)NC7=O)cc6)CC5)C(C)(C)C4)cc3)c2[nH]1. The molecule has 12 nitrogen and oxygen atoms in total. The van der Waals surface area contributed by atoms with E-state index in [2.05, 4.69) is 101 Å². The molecular formula is C40H46BrN9O3. The maximum Gasteiger partial charge on any atom is 0.234 e. The Morgan fingerprint density at radius 1 is 0.943 bits per heavy atom. The van der Waals surface area contributed by atoms with Crippen LogP contribution in [0.15, 0.2) is 65.4 Å². The Labute approximate surface area is 318 Å². The zero-order chi connectivity index (χ0) is 36.9. The maximum absolute atomic E-state index is 12.3. The van der Waals surface area contributed by atoms with Gasteiger partial charge in [0, 0.05) is 82.0 Å². The van der Waals surface area contributed by atoms with Crippen molar-refractivity contribution < 1.29 is 14.3 Å². The lowest BCUT2D eigenvalue weighted by Gasteiger charge is -2.49. The van der Waals surface area contributed by atoms with Gasteiger partial charge in [0.25, 0.3) is 0 Å². The molecule has 0 aliphatic carbocycles. The van der Waals surface area contributed by atoms with Crippen molar-refractivity contribution in [1.29, 1.82) is 0 Å². The van der Waals surface area contributed by atoms with E-state index < -0.39 is 0 Å². The van der Waals surface area contributed by atoms with Crippen molar-refractivity contribution in [3.63, 3.8) is 0 Å². The van der Waals surface area contributed by atoms with Crippen molar-refractivity contribution in [2.24, 2.45) is 13.0 Å². The summed E-state index contributed by atoms with van der Waals surface area (Å²) >= 11 is 3.63. The van der Waals surface area contributed by atoms with E-state index in [1.54, 1.807) is 10.9 Å². The molecule has 5 aromatic rings. The Kier molecular flexibility index (Phi) is 9.48. The van der Waals surface area contributed by atoms with E-state index in [4.69, 9.17) is 9.72 Å². The highest BCUT2D eigenvalue weighted by atomic mass is 79.9. The summed E-state index contributed by atoms with van der Waals surface area (Å²) in [5.74, 6) is 2.16. The Hall–Kier alpha value is -4.75. The lowest BCUT2D eigenvalue weighted by atomic mass is 9.90. The fraction of sp³-hybridized carbons (Fsp3) is 0.425. The number of benzene rings is 2. The number of ether oxygens (including phenoxy) is 1. The van der Waals surface area contributed by atoms with Gasteiger partial charge in [0.1, 0.15) is 17.1 Å². The maximum atomic E-state index is 12.3. The van der Waals surface area contributed by atoms with Crippen LogP contribution in [0.5, 0.6) is 11.5 Å². The van der Waals surface area contributed by atoms with Gasteiger partial charge in [0.2, 0.25) is 11.8 Å². The standard InChI is InChI=1S/C40H46BrN9O3/c1-25-32(23-47(4)46-25)37-44-35-36(33(41)21-42-38(35)45-37)53-30-11-9-29(10-12-30)49-19-20-50(40(2,3)24-49)22-26-15-17-48(18-16-26)28-7-5-27(6-8-28)31-13-14-34(51)43-39(31)52/h5-12,21,23,26,31H,13-20,22,24H2,1-4H3,(H,42,44,45)(H,43,51,52)/t31-/m1/s1. The number of rotatable bonds is 8. The van der Waals surface area contributed by atoms with Gasteiger partial charge in [-0.1, -0.05) is 12.1 Å². The third-order valence-corrected chi connectivity index (χ3v) is 11.8. The van der Waals surface area contributed by atoms with Gasteiger partial charge in [-0.05, 0) is 104 Å². The number of H-pyrrole nitrogens is 1. The topological polar surface area (TPSA) is 125 Å². The predicted molar refractivity (Wildman–Crippen MR) is 209 cm³/mol. The smallest absolute Gasteiger partial charge is 0.234 e. The Balaban J connectivity index is 0.854. The Morgan fingerprint density at radius 2 is 1.66 bits per heavy atom. The Bertz CT molecular complexity index is 2130. The lowest BCUT2D eigenvalue weighted by molar-refractivity contribution is -0.134. The number of aryl methyl sites for hydroxylation is 2. The predicted octanol–water partition coefficient (Wildman–Crippen LogP) is 6.56. The van der Waals surface area contributed by atoms with Crippen molar-refractivity contribution in [2.75, 3.05) is 49.1 Å². The number of carbonyl (C=O) groups is 2. The van der Waals surface area contributed by atoms with Crippen LogP contribution in [0.4, 0.5) is 11.4 Å². The summed E-state index contributed by atoms with van der Waals surface area (Å²) in [7, 11) is 1.90. The molecule has 276 valence electrons. The molecule has 0 unspecified atom stereocenters.